The van der Waals surface area contributed by atoms with Gasteiger partial charge in [0.2, 0.25) is 0 Å². The van der Waals surface area contributed by atoms with Gasteiger partial charge in [0.1, 0.15) is 17.3 Å². The van der Waals surface area contributed by atoms with Gasteiger partial charge in [-0.15, -0.1) is 0 Å². The van der Waals surface area contributed by atoms with Crippen LogP contribution in [-0.2, 0) is 9.59 Å². The first-order chi connectivity index (χ1) is 17.2. The third-order valence-corrected chi connectivity index (χ3v) is 6.07. The zero-order chi connectivity index (χ0) is 26.2. The van der Waals surface area contributed by atoms with Crippen molar-refractivity contribution in [1.82, 2.24) is 9.80 Å². The molecule has 0 aromatic heterocycles. The minimum absolute atomic E-state index is 0.0836. The summed E-state index contributed by atoms with van der Waals surface area (Å²) in [7, 11) is 3.83. The van der Waals surface area contributed by atoms with E-state index in [9.17, 15) is 14.7 Å². The van der Waals surface area contributed by atoms with Gasteiger partial charge in [0, 0.05) is 18.7 Å². The van der Waals surface area contributed by atoms with Gasteiger partial charge in [-0.25, -0.2) is 0 Å². The SMILES string of the molecule is CCCOc1ccc(C(O)=C2C(=O)C(=O)N(CCN(C)C)C2c2cccc(OCCC(C)C)c2)cc1. The van der Waals surface area contributed by atoms with Crippen molar-refractivity contribution in [2.75, 3.05) is 40.4 Å². The summed E-state index contributed by atoms with van der Waals surface area (Å²) < 4.78 is 11.6. The van der Waals surface area contributed by atoms with Crippen molar-refractivity contribution in [3.63, 3.8) is 0 Å². The lowest BCUT2D eigenvalue weighted by molar-refractivity contribution is -0.140. The number of likely N-dealkylation sites (tertiary alicyclic amines) is 1. The summed E-state index contributed by atoms with van der Waals surface area (Å²) in [6.45, 7) is 8.41. The number of aliphatic hydroxyl groups is 1. The molecule has 0 radical (unpaired) electrons. The molecule has 1 heterocycles. The molecular formula is C29H38N2O5. The van der Waals surface area contributed by atoms with Gasteiger partial charge in [0.15, 0.2) is 0 Å². The van der Waals surface area contributed by atoms with E-state index in [-0.39, 0.29) is 11.3 Å². The fourth-order valence-electron chi connectivity index (χ4n) is 4.04. The van der Waals surface area contributed by atoms with E-state index in [1.54, 1.807) is 29.2 Å². The molecule has 2 aromatic rings. The van der Waals surface area contributed by atoms with Crippen LogP contribution in [0, 0.1) is 5.92 Å². The first-order valence-corrected chi connectivity index (χ1v) is 12.6. The van der Waals surface area contributed by atoms with Crippen molar-refractivity contribution in [3.8, 4) is 11.5 Å². The molecule has 2 aromatic carbocycles. The Hall–Kier alpha value is -3.32. The van der Waals surface area contributed by atoms with E-state index in [0.29, 0.717) is 49.3 Å². The number of carbonyl (C=O) groups excluding carboxylic acids is 2. The second kappa shape index (κ2) is 12.6. The number of ketones is 1. The molecule has 1 amide bonds. The highest BCUT2D eigenvalue weighted by Crippen LogP contribution is 2.40. The highest BCUT2D eigenvalue weighted by Gasteiger charge is 2.46. The number of amides is 1. The molecule has 1 aliphatic heterocycles. The molecule has 3 rings (SSSR count). The standard InChI is InChI=1S/C29H38N2O5/c1-6-17-35-23-12-10-21(11-13-23)27(32)25-26(31(16-15-30(4)5)29(34)28(25)33)22-8-7-9-24(19-22)36-18-14-20(2)3/h7-13,19-20,26,32H,6,14-18H2,1-5H3. The van der Waals surface area contributed by atoms with Crippen molar-refractivity contribution in [2.45, 2.75) is 39.7 Å². The molecule has 0 aliphatic carbocycles. The Kier molecular flexibility index (Phi) is 9.53. The number of likely N-dealkylation sites (N-methyl/N-ethyl adjacent to an activating group) is 1. The normalized spacial score (nSPS) is 17.3. The molecule has 1 unspecified atom stereocenters. The predicted molar refractivity (Wildman–Crippen MR) is 141 cm³/mol. The van der Waals surface area contributed by atoms with Gasteiger partial charge in [-0.3, -0.25) is 9.59 Å². The van der Waals surface area contributed by atoms with Gasteiger partial charge in [0.05, 0.1) is 24.8 Å². The summed E-state index contributed by atoms with van der Waals surface area (Å²) >= 11 is 0. The van der Waals surface area contributed by atoms with E-state index in [2.05, 4.69) is 13.8 Å². The molecule has 194 valence electrons. The highest BCUT2D eigenvalue weighted by molar-refractivity contribution is 6.46. The van der Waals surface area contributed by atoms with E-state index in [1.165, 1.54) is 0 Å². The largest absolute Gasteiger partial charge is 0.507 e. The van der Waals surface area contributed by atoms with E-state index < -0.39 is 17.7 Å². The maximum atomic E-state index is 13.2. The highest BCUT2D eigenvalue weighted by atomic mass is 16.5. The van der Waals surface area contributed by atoms with Crippen molar-refractivity contribution in [1.29, 1.82) is 0 Å². The van der Waals surface area contributed by atoms with Crippen LogP contribution in [0.4, 0.5) is 0 Å². The van der Waals surface area contributed by atoms with Gasteiger partial charge >= 0.3 is 0 Å². The topological polar surface area (TPSA) is 79.3 Å². The Morgan fingerprint density at radius 1 is 1.03 bits per heavy atom. The Bertz CT molecular complexity index is 1080. The summed E-state index contributed by atoms with van der Waals surface area (Å²) in [6, 6.07) is 13.6. The molecule has 0 bridgehead atoms. The first kappa shape index (κ1) is 27.3. The Labute approximate surface area is 214 Å². The van der Waals surface area contributed by atoms with E-state index in [4.69, 9.17) is 9.47 Å². The maximum Gasteiger partial charge on any atom is 0.295 e. The smallest absolute Gasteiger partial charge is 0.295 e. The summed E-state index contributed by atoms with van der Waals surface area (Å²) in [6.07, 6.45) is 1.81. The molecule has 1 saturated heterocycles. The molecule has 1 N–H and O–H groups in total. The number of hydrogen-bond donors (Lipinski definition) is 1. The number of carbonyl (C=O) groups is 2. The van der Waals surface area contributed by atoms with Crippen LogP contribution in [-0.4, -0.2) is 67.0 Å². The van der Waals surface area contributed by atoms with Gasteiger partial charge in [-0.1, -0.05) is 32.9 Å². The minimum Gasteiger partial charge on any atom is -0.507 e. The lowest BCUT2D eigenvalue weighted by Crippen LogP contribution is -2.35. The Balaban J connectivity index is 2.01. The summed E-state index contributed by atoms with van der Waals surface area (Å²) in [5.74, 6) is 0.376. The third kappa shape index (κ3) is 6.66. The second-order valence-corrected chi connectivity index (χ2v) is 9.77. The number of aliphatic hydroxyl groups excluding tert-OH is 1. The van der Waals surface area contributed by atoms with Crippen molar-refractivity contribution >= 4 is 17.4 Å². The number of hydrogen-bond acceptors (Lipinski definition) is 6. The molecule has 1 atom stereocenters. The maximum absolute atomic E-state index is 13.2. The lowest BCUT2D eigenvalue weighted by atomic mass is 9.95. The van der Waals surface area contributed by atoms with Gasteiger partial charge in [0.25, 0.3) is 11.7 Å². The van der Waals surface area contributed by atoms with Crippen LogP contribution >= 0.6 is 0 Å². The van der Waals surface area contributed by atoms with Crippen LogP contribution in [0.2, 0.25) is 0 Å². The van der Waals surface area contributed by atoms with Gasteiger partial charge in [-0.2, -0.15) is 0 Å². The number of Topliss-reactive ketones (excluding diaryl/α,β-unsaturated/α-hetero) is 1. The quantitative estimate of drug-likeness (QED) is 0.257. The van der Waals surface area contributed by atoms with Crippen LogP contribution in [0.25, 0.3) is 5.76 Å². The second-order valence-electron chi connectivity index (χ2n) is 9.77. The van der Waals surface area contributed by atoms with E-state index in [1.807, 2.05) is 50.2 Å². The molecule has 1 aliphatic rings. The van der Waals surface area contributed by atoms with Crippen LogP contribution in [0.1, 0.15) is 50.8 Å². The zero-order valence-corrected chi connectivity index (χ0v) is 22.0. The minimum atomic E-state index is -0.713. The molecule has 1 fully saturated rings. The van der Waals surface area contributed by atoms with E-state index in [0.717, 1.165) is 18.4 Å². The lowest BCUT2D eigenvalue weighted by Gasteiger charge is -2.27. The van der Waals surface area contributed by atoms with Crippen LogP contribution in [0.5, 0.6) is 11.5 Å². The number of ether oxygens (including phenoxy) is 2. The average Bonchev–Trinajstić information content (AvgIpc) is 3.11. The zero-order valence-electron chi connectivity index (χ0n) is 22.0. The monoisotopic (exact) mass is 494 g/mol. The Morgan fingerprint density at radius 3 is 2.36 bits per heavy atom. The van der Waals surface area contributed by atoms with Gasteiger partial charge in [-0.05, 0) is 74.8 Å². The predicted octanol–water partition coefficient (Wildman–Crippen LogP) is 4.88. The Morgan fingerprint density at radius 2 is 1.72 bits per heavy atom. The van der Waals surface area contributed by atoms with Crippen molar-refractivity contribution < 1.29 is 24.2 Å². The molecule has 0 saturated carbocycles. The average molecular weight is 495 g/mol. The fourth-order valence-corrected chi connectivity index (χ4v) is 4.04. The molecule has 7 heteroatoms. The summed E-state index contributed by atoms with van der Waals surface area (Å²) in [5, 5.41) is 11.3. The molecular weight excluding hydrogens is 456 g/mol. The van der Waals surface area contributed by atoms with Crippen molar-refractivity contribution in [3.05, 3.63) is 65.2 Å². The number of nitrogens with zero attached hydrogens (tertiary/aromatic N) is 2. The van der Waals surface area contributed by atoms with Crippen LogP contribution < -0.4 is 9.47 Å². The summed E-state index contributed by atoms with van der Waals surface area (Å²) in [4.78, 5) is 29.8. The molecule has 7 nitrogen and oxygen atoms in total. The summed E-state index contributed by atoms with van der Waals surface area (Å²) in [5.41, 5.74) is 1.26. The van der Waals surface area contributed by atoms with Gasteiger partial charge < -0.3 is 24.4 Å². The number of rotatable bonds is 12. The molecule has 36 heavy (non-hydrogen) atoms. The van der Waals surface area contributed by atoms with Crippen LogP contribution in [0.15, 0.2) is 54.1 Å². The van der Waals surface area contributed by atoms with Crippen LogP contribution in [0.3, 0.4) is 0 Å². The van der Waals surface area contributed by atoms with Crippen molar-refractivity contribution in [2.24, 2.45) is 5.92 Å². The number of benzene rings is 2. The van der Waals surface area contributed by atoms with E-state index >= 15 is 0 Å². The molecule has 0 spiro atoms. The first-order valence-electron chi connectivity index (χ1n) is 12.6. The third-order valence-electron chi connectivity index (χ3n) is 6.07. The fraction of sp³-hybridized carbons (Fsp3) is 0.448.